The third-order valence-corrected chi connectivity index (χ3v) is 4.74. The van der Waals surface area contributed by atoms with Crippen molar-refractivity contribution < 1.29 is 19.1 Å². The maximum Gasteiger partial charge on any atom is 0.419 e. The van der Waals surface area contributed by atoms with Crippen molar-refractivity contribution in [2.24, 2.45) is 0 Å². The molecule has 29 heavy (non-hydrogen) atoms. The molecular formula is C24H23NO4. The number of carbonyl (C=O) groups excluding carboxylic acids is 2. The van der Waals surface area contributed by atoms with Gasteiger partial charge in [-0.05, 0) is 42.7 Å². The number of benzene rings is 2. The van der Waals surface area contributed by atoms with E-state index in [0.29, 0.717) is 30.7 Å². The number of hydrogen-bond donors (Lipinski definition) is 0. The molecule has 0 saturated heterocycles. The maximum absolute atomic E-state index is 13.0. The molecule has 0 aliphatic carbocycles. The molecule has 148 valence electrons. The van der Waals surface area contributed by atoms with E-state index in [1.165, 1.54) is 6.08 Å². The fourth-order valence-corrected chi connectivity index (χ4v) is 3.37. The first-order valence-electron chi connectivity index (χ1n) is 9.46. The number of para-hydroxylation sites is 1. The Labute approximate surface area is 170 Å². The van der Waals surface area contributed by atoms with Gasteiger partial charge in [-0.1, -0.05) is 30.3 Å². The van der Waals surface area contributed by atoms with E-state index < -0.39 is 6.09 Å². The first-order valence-corrected chi connectivity index (χ1v) is 9.46. The van der Waals surface area contributed by atoms with Crippen LogP contribution in [0.4, 0.5) is 4.79 Å². The van der Waals surface area contributed by atoms with E-state index in [4.69, 9.17) is 15.9 Å². The van der Waals surface area contributed by atoms with Crippen LogP contribution in [0.25, 0.3) is 0 Å². The van der Waals surface area contributed by atoms with Crippen LogP contribution in [0.1, 0.15) is 24.8 Å². The van der Waals surface area contributed by atoms with Gasteiger partial charge in [-0.2, -0.15) is 0 Å². The van der Waals surface area contributed by atoms with Gasteiger partial charge < -0.3 is 9.47 Å². The Morgan fingerprint density at radius 2 is 1.86 bits per heavy atom. The molecule has 1 unspecified atom stereocenters. The van der Waals surface area contributed by atoms with Gasteiger partial charge in [-0.25, -0.2) is 4.79 Å². The van der Waals surface area contributed by atoms with Gasteiger partial charge in [0.2, 0.25) is 0 Å². The molecule has 0 fully saturated rings. The summed E-state index contributed by atoms with van der Waals surface area (Å²) in [7, 11) is 1.61. The topological polar surface area (TPSA) is 55.8 Å². The lowest BCUT2D eigenvalue weighted by molar-refractivity contribution is -0.116. The number of methoxy groups -OCH3 is 1. The van der Waals surface area contributed by atoms with Gasteiger partial charge in [-0.3, -0.25) is 9.69 Å². The number of ether oxygens (including phenoxy) is 2. The minimum absolute atomic E-state index is 0.0145. The van der Waals surface area contributed by atoms with Crippen LogP contribution < -0.4 is 9.47 Å². The summed E-state index contributed by atoms with van der Waals surface area (Å²) in [5.41, 5.74) is 1.60. The van der Waals surface area contributed by atoms with Gasteiger partial charge in [0.05, 0.1) is 13.2 Å². The predicted molar refractivity (Wildman–Crippen MR) is 111 cm³/mol. The summed E-state index contributed by atoms with van der Waals surface area (Å²) in [4.78, 5) is 26.9. The van der Waals surface area contributed by atoms with Crippen LogP contribution in [-0.2, 0) is 11.2 Å². The Kier molecular flexibility index (Phi) is 6.70. The van der Waals surface area contributed by atoms with Gasteiger partial charge in [0, 0.05) is 24.6 Å². The number of amides is 1. The summed E-state index contributed by atoms with van der Waals surface area (Å²) in [6.45, 7) is 0. The molecule has 1 atom stereocenters. The molecule has 2 aromatic rings. The first-order chi connectivity index (χ1) is 14.1. The molecule has 5 heteroatoms. The van der Waals surface area contributed by atoms with Gasteiger partial charge >= 0.3 is 6.09 Å². The smallest absolute Gasteiger partial charge is 0.419 e. The highest BCUT2D eigenvalue weighted by Crippen LogP contribution is 2.27. The van der Waals surface area contributed by atoms with Crippen molar-refractivity contribution in [2.75, 3.05) is 7.11 Å². The molecule has 2 aromatic carbocycles. The molecule has 0 aromatic heterocycles. The number of terminal acetylenes is 1. The lowest BCUT2D eigenvalue weighted by Gasteiger charge is -2.35. The van der Waals surface area contributed by atoms with Gasteiger partial charge in [0.1, 0.15) is 11.5 Å². The predicted octanol–water partition coefficient (Wildman–Crippen LogP) is 4.38. The number of carbonyl (C=O) groups is 2. The van der Waals surface area contributed by atoms with Crippen LogP contribution in [0.5, 0.6) is 11.5 Å². The SMILES string of the molecule is C#CCCC1=CC(=O)CC(Cc2ccc(OC)cc2)N1C(=O)Oc1ccccc1. The van der Waals surface area contributed by atoms with Crippen LogP contribution in [0.15, 0.2) is 66.4 Å². The molecule has 1 amide bonds. The van der Waals surface area contributed by atoms with Crippen molar-refractivity contribution in [1.82, 2.24) is 4.90 Å². The average Bonchev–Trinajstić information content (AvgIpc) is 2.73. The molecule has 0 spiro atoms. The van der Waals surface area contributed by atoms with Gasteiger partial charge in [0.15, 0.2) is 5.78 Å². The lowest BCUT2D eigenvalue weighted by Crippen LogP contribution is -2.46. The molecule has 0 N–H and O–H groups in total. The monoisotopic (exact) mass is 389 g/mol. The highest BCUT2D eigenvalue weighted by Gasteiger charge is 2.34. The Bertz CT molecular complexity index is 926. The molecule has 1 aliphatic rings. The highest BCUT2D eigenvalue weighted by atomic mass is 16.6. The van der Waals surface area contributed by atoms with Crippen molar-refractivity contribution in [3.8, 4) is 23.8 Å². The Morgan fingerprint density at radius 1 is 1.14 bits per heavy atom. The Balaban J connectivity index is 1.86. The second-order valence-electron chi connectivity index (χ2n) is 6.77. The van der Waals surface area contributed by atoms with Crippen LogP contribution >= 0.6 is 0 Å². The molecule has 0 bridgehead atoms. The summed E-state index contributed by atoms with van der Waals surface area (Å²) >= 11 is 0. The molecule has 0 saturated carbocycles. The number of ketones is 1. The lowest BCUT2D eigenvalue weighted by atomic mass is 9.94. The van der Waals surface area contributed by atoms with Crippen LogP contribution in [0.3, 0.4) is 0 Å². The fourth-order valence-electron chi connectivity index (χ4n) is 3.37. The van der Waals surface area contributed by atoms with Crippen molar-refractivity contribution in [3.63, 3.8) is 0 Å². The zero-order chi connectivity index (χ0) is 20.6. The summed E-state index contributed by atoms with van der Waals surface area (Å²) < 4.78 is 10.8. The molecule has 1 heterocycles. The third kappa shape index (κ3) is 5.26. The molecule has 1 aliphatic heterocycles. The van der Waals surface area contributed by atoms with Crippen molar-refractivity contribution in [1.29, 1.82) is 0 Å². The second-order valence-corrected chi connectivity index (χ2v) is 6.77. The molecule has 5 nitrogen and oxygen atoms in total. The fraction of sp³-hybridized carbons (Fsp3) is 0.250. The third-order valence-electron chi connectivity index (χ3n) is 4.74. The van der Waals surface area contributed by atoms with Crippen LogP contribution in [-0.4, -0.2) is 29.9 Å². The standard InChI is InChI=1S/C24H23NO4/c1-3-4-8-19-16-21(26)17-20(15-18-11-13-22(28-2)14-12-18)25(19)24(27)29-23-9-6-5-7-10-23/h1,5-7,9-14,16,20H,4,8,15,17H2,2H3. The van der Waals surface area contributed by atoms with E-state index in [2.05, 4.69) is 5.92 Å². The van der Waals surface area contributed by atoms with E-state index in [1.807, 2.05) is 30.3 Å². The van der Waals surface area contributed by atoms with E-state index in [0.717, 1.165) is 11.3 Å². The Hall–Kier alpha value is -3.52. The normalized spacial score (nSPS) is 16.0. The summed E-state index contributed by atoms with van der Waals surface area (Å²) in [6.07, 6.45) is 8.02. The molecular weight excluding hydrogens is 366 g/mol. The van der Waals surface area contributed by atoms with Crippen molar-refractivity contribution >= 4 is 11.9 Å². The number of allylic oxidation sites excluding steroid dienone is 2. The van der Waals surface area contributed by atoms with E-state index in [9.17, 15) is 9.59 Å². The zero-order valence-electron chi connectivity index (χ0n) is 16.3. The van der Waals surface area contributed by atoms with Crippen molar-refractivity contribution in [2.45, 2.75) is 31.7 Å². The minimum atomic E-state index is -0.509. The van der Waals surface area contributed by atoms with Gasteiger partial charge in [0.25, 0.3) is 0 Å². The van der Waals surface area contributed by atoms with Gasteiger partial charge in [-0.15, -0.1) is 12.3 Å². The number of hydrogen-bond acceptors (Lipinski definition) is 4. The number of rotatable bonds is 6. The first kappa shape index (κ1) is 20.2. The highest BCUT2D eigenvalue weighted by molar-refractivity contribution is 5.93. The summed E-state index contributed by atoms with van der Waals surface area (Å²) in [5.74, 6) is 3.76. The van der Waals surface area contributed by atoms with E-state index in [-0.39, 0.29) is 18.2 Å². The van der Waals surface area contributed by atoms with Crippen LogP contribution in [0, 0.1) is 12.3 Å². The quantitative estimate of drug-likeness (QED) is 0.688. The Morgan fingerprint density at radius 3 is 2.52 bits per heavy atom. The van der Waals surface area contributed by atoms with E-state index >= 15 is 0 Å². The number of nitrogens with zero attached hydrogens (tertiary/aromatic N) is 1. The summed E-state index contributed by atoms with van der Waals surface area (Å²) in [6, 6.07) is 16.1. The van der Waals surface area contributed by atoms with Crippen LogP contribution in [0.2, 0.25) is 0 Å². The molecule has 0 radical (unpaired) electrons. The molecule has 3 rings (SSSR count). The minimum Gasteiger partial charge on any atom is -0.497 e. The van der Waals surface area contributed by atoms with Crippen molar-refractivity contribution in [3.05, 3.63) is 71.9 Å². The zero-order valence-corrected chi connectivity index (χ0v) is 16.3. The summed E-state index contributed by atoms with van der Waals surface area (Å²) in [5, 5.41) is 0. The largest absolute Gasteiger partial charge is 0.497 e. The second kappa shape index (κ2) is 9.61. The average molecular weight is 389 g/mol. The van der Waals surface area contributed by atoms with E-state index in [1.54, 1.807) is 36.3 Å². The maximum atomic E-state index is 13.0.